The Kier molecular flexibility index (Phi) is 5.96. The zero-order valence-electron chi connectivity index (χ0n) is 19.9. The molecule has 3 heterocycles. The maximum atomic E-state index is 12.0. The van der Waals surface area contributed by atoms with E-state index in [9.17, 15) is 10.1 Å². The summed E-state index contributed by atoms with van der Waals surface area (Å²) in [6.45, 7) is 5.06. The molecule has 0 bridgehead atoms. The van der Waals surface area contributed by atoms with E-state index in [1.807, 2.05) is 49.3 Å². The maximum absolute atomic E-state index is 12.0. The number of anilines is 3. The van der Waals surface area contributed by atoms with Crippen molar-refractivity contribution in [2.45, 2.75) is 6.92 Å². The maximum Gasteiger partial charge on any atom is 0.294 e. The first kappa shape index (κ1) is 22.6. The van der Waals surface area contributed by atoms with Crippen LogP contribution in [-0.4, -0.2) is 65.1 Å². The Labute approximate surface area is 202 Å². The summed E-state index contributed by atoms with van der Waals surface area (Å²) in [6, 6.07) is 11.2. The summed E-state index contributed by atoms with van der Waals surface area (Å²) in [5, 5.41) is 16.2. The highest BCUT2D eigenvalue weighted by atomic mass is 16.6. The van der Waals surface area contributed by atoms with Gasteiger partial charge < -0.3 is 24.8 Å². The molecule has 2 N–H and O–H groups in total. The lowest BCUT2D eigenvalue weighted by Gasteiger charge is -2.34. The third-order valence-electron chi connectivity index (χ3n) is 6.40. The summed E-state index contributed by atoms with van der Waals surface area (Å²) in [7, 11) is 3.60. The number of likely N-dealkylation sites (N-methyl/N-ethyl adjacent to an activating group) is 1. The largest absolute Gasteiger partial charge is 0.494 e. The molecule has 35 heavy (non-hydrogen) atoms. The number of hydrogen-bond donors (Lipinski definition) is 2. The fourth-order valence-corrected chi connectivity index (χ4v) is 4.43. The van der Waals surface area contributed by atoms with Crippen LogP contribution in [0.15, 0.2) is 48.8 Å². The summed E-state index contributed by atoms with van der Waals surface area (Å²) in [5.41, 5.74) is 4.69. The van der Waals surface area contributed by atoms with Gasteiger partial charge in [0.15, 0.2) is 0 Å². The van der Waals surface area contributed by atoms with Crippen molar-refractivity contribution in [2.75, 3.05) is 50.6 Å². The molecule has 180 valence electrons. The van der Waals surface area contributed by atoms with Gasteiger partial charge >= 0.3 is 0 Å². The zero-order chi connectivity index (χ0) is 24.5. The SMILES string of the molecule is COc1cc(N2CCN(C)CC2)c([N+](=O)[O-])cc1Nc1ncc(C)c(-c2c[nH]c3ccccc23)n1. The minimum atomic E-state index is -0.356. The van der Waals surface area contributed by atoms with Crippen LogP contribution in [0.4, 0.5) is 23.0 Å². The predicted octanol–water partition coefficient (Wildman–Crippen LogP) is 4.35. The highest BCUT2D eigenvalue weighted by Crippen LogP contribution is 2.40. The second-order valence-electron chi connectivity index (χ2n) is 8.69. The number of aryl methyl sites for hydroxylation is 1. The number of piperazine rings is 1. The third-order valence-corrected chi connectivity index (χ3v) is 6.40. The third kappa shape index (κ3) is 4.35. The summed E-state index contributed by atoms with van der Waals surface area (Å²) >= 11 is 0. The van der Waals surface area contributed by atoms with Crippen LogP contribution in [0.25, 0.3) is 22.2 Å². The Morgan fingerprint density at radius 3 is 2.69 bits per heavy atom. The number of para-hydroxylation sites is 1. The number of nitrogens with one attached hydrogen (secondary N) is 2. The molecule has 1 aliphatic heterocycles. The Morgan fingerprint density at radius 2 is 1.94 bits per heavy atom. The number of fused-ring (bicyclic) bond motifs is 1. The Hall–Kier alpha value is -4.18. The van der Waals surface area contributed by atoms with Gasteiger partial charge in [-0.05, 0) is 25.6 Å². The second-order valence-corrected chi connectivity index (χ2v) is 8.69. The molecule has 0 atom stereocenters. The lowest BCUT2D eigenvalue weighted by molar-refractivity contribution is -0.384. The molecule has 5 rings (SSSR count). The van der Waals surface area contributed by atoms with Crippen LogP contribution in [-0.2, 0) is 0 Å². The van der Waals surface area contributed by atoms with Gasteiger partial charge in [0.25, 0.3) is 5.69 Å². The van der Waals surface area contributed by atoms with Gasteiger partial charge in [0.05, 0.1) is 23.4 Å². The minimum absolute atomic E-state index is 0.0156. The average molecular weight is 474 g/mol. The van der Waals surface area contributed by atoms with Crippen LogP contribution in [0.3, 0.4) is 0 Å². The monoisotopic (exact) mass is 473 g/mol. The van der Waals surface area contributed by atoms with E-state index in [0.717, 1.165) is 40.8 Å². The summed E-state index contributed by atoms with van der Waals surface area (Å²) in [5.74, 6) is 0.818. The van der Waals surface area contributed by atoms with Gasteiger partial charge in [-0.15, -0.1) is 0 Å². The summed E-state index contributed by atoms with van der Waals surface area (Å²) < 4.78 is 5.61. The van der Waals surface area contributed by atoms with Crippen molar-refractivity contribution in [1.82, 2.24) is 19.9 Å². The van der Waals surface area contributed by atoms with Crippen molar-refractivity contribution in [3.05, 3.63) is 64.5 Å². The van der Waals surface area contributed by atoms with Crippen LogP contribution in [0.5, 0.6) is 5.75 Å². The Balaban J connectivity index is 1.52. The topological polar surface area (TPSA) is 112 Å². The van der Waals surface area contributed by atoms with Crippen LogP contribution >= 0.6 is 0 Å². The van der Waals surface area contributed by atoms with Gasteiger partial charge in [-0.1, -0.05) is 18.2 Å². The van der Waals surface area contributed by atoms with Gasteiger partial charge in [0, 0.05) is 67.2 Å². The van der Waals surface area contributed by atoms with E-state index in [0.29, 0.717) is 36.2 Å². The fraction of sp³-hybridized carbons (Fsp3) is 0.280. The van der Waals surface area contributed by atoms with Gasteiger partial charge in [-0.2, -0.15) is 0 Å². The van der Waals surface area contributed by atoms with Crippen LogP contribution in [0.1, 0.15) is 5.56 Å². The molecule has 0 aliphatic carbocycles. The number of ether oxygens (including phenoxy) is 1. The van der Waals surface area contributed by atoms with E-state index < -0.39 is 0 Å². The number of benzene rings is 2. The molecule has 0 spiro atoms. The molecule has 1 saturated heterocycles. The number of nitro groups is 1. The zero-order valence-corrected chi connectivity index (χ0v) is 19.9. The number of H-pyrrole nitrogens is 1. The quantitative estimate of drug-likeness (QED) is 0.314. The van der Waals surface area contributed by atoms with E-state index >= 15 is 0 Å². The predicted molar refractivity (Wildman–Crippen MR) is 137 cm³/mol. The molecule has 1 fully saturated rings. The van der Waals surface area contributed by atoms with Gasteiger partial charge in [-0.25, -0.2) is 9.97 Å². The lowest BCUT2D eigenvalue weighted by atomic mass is 10.1. The molecule has 1 aliphatic rings. The first-order chi connectivity index (χ1) is 16.9. The van der Waals surface area contributed by atoms with Crippen molar-refractivity contribution in [3.63, 3.8) is 0 Å². The Bertz CT molecular complexity index is 1390. The van der Waals surface area contributed by atoms with Crippen molar-refractivity contribution in [1.29, 1.82) is 0 Å². The molecule has 2 aromatic heterocycles. The van der Waals surface area contributed by atoms with Crippen LogP contribution in [0, 0.1) is 17.0 Å². The smallest absolute Gasteiger partial charge is 0.294 e. The fourth-order valence-electron chi connectivity index (χ4n) is 4.43. The molecule has 0 saturated carbocycles. The minimum Gasteiger partial charge on any atom is -0.494 e. The summed E-state index contributed by atoms with van der Waals surface area (Å²) in [6.07, 6.45) is 3.67. The molecule has 10 nitrogen and oxygen atoms in total. The molecule has 10 heteroatoms. The second kappa shape index (κ2) is 9.22. The molecular weight excluding hydrogens is 446 g/mol. The number of aromatic amines is 1. The lowest BCUT2D eigenvalue weighted by Crippen LogP contribution is -2.44. The van der Waals surface area contributed by atoms with Crippen molar-refractivity contribution in [2.24, 2.45) is 0 Å². The van der Waals surface area contributed by atoms with E-state index in [4.69, 9.17) is 9.72 Å². The van der Waals surface area contributed by atoms with Gasteiger partial charge in [0.2, 0.25) is 5.95 Å². The average Bonchev–Trinajstić information content (AvgIpc) is 3.29. The number of hydrogen-bond acceptors (Lipinski definition) is 8. The van der Waals surface area contributed by atoms with Crippen molar-refractivity contribution in [3.8, 4) is 17.0 Å². The number of methoxy groups -OCH3 is 1. The van der Waals surface area contributed by atoms with E-state index in [1.54, 1.807) is 19.4 Å². The Morgan fingerprint density at radius 1 is 1.17 bits per heavy atom. The number of nitro benzene ring substituents is 1. The normalized spacial score (nSPS) is 14.3. The van der Waals surface area contributed by atoms with Crippen molar-refractivity contribution >= 4 is 33.9 Å². The molecular formula is C25H27N7O3. The standard InChI is InChI=1S/C25H27N7O3/c1-16-14-27-25(29-24(16)18-15-26-19-7-5-4-6-17(18)19)28-20-12-22(32(33)34)21(13-23(20)35-3)31-10-8-30(2)9-11-31/h4-7,12-15,26H,8-11H2,1-3H3,(H,27,28,29). The number of rotatable bonds is 6. The van der Waals surface area contributed by atoms with E-state index in [1.165, 1.54) is 6.07 Å². The van der Waals surface area contributed by atoms with E-state index in [-0.39, 0.29) is 10.6 Å². The number of aromatic nitrogens is 3. The molecule has 4 aromatic rings. The highest BCUT2D eigenvalue weighted by Gasteiger charge is 2.26. The first-order valence-corrected chi connectivity index (χ1v) is 11.4. The summed E-state index contributed by atoms with van der Waals surface area (Å²) in [4.78, 5) is 28.3. The number of nitrogens with zero attached hydrogens (tertiary/aromatic N) is 5. The van der Waals surface area contributed by atoms with Gasteiger partial charge in [0.1, 0.15) is 11.4 Å². The molecule has 0 amide bonds. The molecule has 2 aromatic carbocycles. The molecule has 0 unspecified atom stereocenters. The molecule has 0 radical (unpaired) electrons. The highest BCUT2D eigenvalue weighted by molar-refractivity contribution is 5.95. The van der Waals surface area contributed by atoms with E-state index in [2.05, 4.69) is 20.2 Å². The van der Waals surface area contributed by atoms with Crippen LogP contribution in [0.2, 0.25) is 0 Å². The van der Waals surface area contributed by atoms with Gasteiger partial charge in [-0.3, -0.25) is 10.1 Å². The van der Waals surface area contributed by atoms with Crippen molar-refractivity contribution < 1.29 is 9.66 Å². The first-order valence-electron chi connectivity index (χ1n) is 11.4. The van der Waals surface area contributed by atoms with Crippen LogP contribution < -0.4 is 15.0 Å².